The van der Waals surface area contributed by atoms with Crippen molar-refractivity contribution in [2.75, 3.05) is 6.61 Å². The minimum absolute atomic E-state index is 0. The first kappa shape index (κ1) is 61.9. The second kappa shape index (κ2) is 43.0. The van der Waals surface area contributed by atoms with Crippen molar-refractivity contribution < 1.29 is 68.1 Å². The van der Waals surface area contributed by atoms with Crippen molar-refractivity contribution in [1.29, 1.82) is 0 Å². The van der Waals surface area contributed by atoms with Gasteiger partial charge in [0.1, 0.15) is 0 Å². The van der Waals surface area contributed by atoms with Crippen LogP contribution in [0.1, 0.15) is 6.92 Å². The summed E-state index contributed by atoms with van der Waals surface area (Å²) in [5, 5.41) is 8.93. The van der Waals surface area contributed by atoms with Crippen LogP contribution in [0.15, 0.2) is 0 Å². The summed E-state index contributed by atoms with van der Waals surface area (Å²) in [5.41, 5.74) is 0. The van der Waals surface area contributed by atoms with Crippen LogP contribution in [0, 0.1) is 10.2 Å². The van der Waals surface area contributed by atoms with Crippen LogP contribution < -0.4 is 57.8 Å². The second-order valence-electron chi connectivity index (χ2n) is 0.667. The van der Waals surface area contributed by atoms with E-state index < -0.39 is 10.2 Å². The van der Waals surface area contributed by atoms with E-state index >= 15 is 0 Å². The Labute approximate surface area is 171 Å². The summed E-state index contributed by atoms with van der Waals surface area (Å²) in [6.45, 7) is 1.57. The molecule has 0 aromatic heterocycles. The van der Waals surface area contributed by atoms with Crippen molar-refractivity contribution in [1.82, 2.24) is 0 Å². The first-order chi connectivity index (χ1) is 3.41. The van der Waals surface area contributed by atoms with Gasteiger partial charge in [0, 0.05) is 0 Å². The third kappa shape index (κ3) is 302. The zero-order valence-corrected chi connectivity index (χ0v) is 16.8. The van der Waals surface area contributed by atoms with Crippen LogP contribution in [0.25, 0.3) is 0 Å². The molecule has 0 heterocycles. The van der Waals surface area contributed by atoms with Gasteiger partial charge < -0.3 is 39.2 Å². The minimum Gasteiger partial charge on any atom is -1.00 e. The summed E-state index contributed by atoms with van der Waals surface area (Å²) >= 11 is 0. The molecule has 0 N–H and O–H groups in total. The summed E-state index contributed by atoms with van der Waals surface area (Å²) in [6, 6.07) is 0. The van der Waals surface area contributed by atoms with Gasteiger partial charge in [0.25, 0.3) is 0 Å². The molecular weight excluding hydrogens is 371 g/mol. The molecule has 0 radical (unpaired) electrons. The van der Waals surface area contributed by atoms with E-state index in [-0.39, 0.29) is 133 Å². The molecule has 0 atom stereocenters. The van der Waals surface area contributed by atoms with Crippen LogP contribution in [0.5, 0.6) is 0 Å². The molecule has 0 spiro atoms. The smallest absolute Gasteiger partial charge is 1.00 e. The average Bonchev–Trinajstić information content (AvgIpc) is 1.27. The predicted molar refractivity (Wildman–Crippen MR) is 33.6 cm³/mol. The SMILES string of the molecule is CC[O-].[Br-].[Cl-].[F-].[Mg+2].[Mg+2].[Mg+2].[Mg+2].[O-][Cl+3]([O-])([O-])[O-]. The predicted octanol–water partition coefficient (Wildman–Crippen LogP) is -15.9. The van der Waals surface area contributed by atoms with Crippen molar-refractivity contribution in [3.8, 4) is 0 Å². The molecule has 0 unspecified atom stereocenters. The molecule has 0 fully saturated rings. The summed E-state index contributed by atoms with van der Waals surface area (Å²) in [7, 11) is -4.94. The fourth-order valence-corrected chi connectivity index (χ4v) is 0. The van der Waals surface area contributed by atoms with E-state index in [1.807, 2.05) is 0 Å². The van der Waals surface area contributed by atoms with Crippen molar-refractivity contribution in [2.45, 2.75) is 6.92 Å². The Kier molecular flexibility index (Phi) is 178. The van der Waals surface area contributed by atoms with Gasteiger partial charge in [-0.3, -0.25) is 0 Å². The van der Waals surface area contributed by atoms with Crippen molar-refractivity contribution in [2.24, 2.45) is 0 Å². The normalized spacial score (nSPS) is 5.20. The molecule has 0 aliphatic carbocycles. The van der Waals surface area contributed by atoms with Gasteiger partial charge in [-0.25, -0.2) is 18.6 Å². The van der Waals surface area contributed by atoms with Crippen molar-refractivity contribution >= 4 is 92.2 Å². The molecule has 0 bridgehead atoms. The topological polar surface area (TPSA) is 115 Å². The van der Waals surface area contributed by atoms with E-state index in [0.717, 1.165) is 0 Å². The van der Waals surface area contributed by atoms with Gasteiger partial charge >= 0.3 is 92.2 Å². The van der Waals surface area contributed by atoms with Gasteiger partial charge in [-0.1, -0.05) is 6.92 Å². The molecule has 0 amide bonds. The van der Waals surface area contributed by atoms with E-state index in [1.54, 1.807) is 6.92 Å². The molecule has 0 saturated carbocycles. The Morgan fingerprint density at radius 2 is 0.867 bits per heavy atom. The van der Waals surface area contributed by atoms with Gasteiger partial charge in [0.05, 0.1) is 0 Å². The fraction of sp³-hybridized carbons (Fsp3) is 1.00. The molecule has 76 valence electrons. The van der Waals surface area contributed by atoms with Crippen LogP contribution in [0.3, 0.4) is 0 Å². The third-order valence-electron chi connectivity index (χ3n) is 0. The van der Waals surface area contributed by atoms with Crippen LogP contribution >= 0.6 is 0 Å². The number of halogens is 4. The molecule has 0 rings (SSSR count). The Hall–Kier alpha value is 3.85. The molecule has 5 nitrogen and oxygen atoms in total. The number of hydrogen-bond acceptors (Lipinski definition) is 5. The molecule has 0 aromatic carbocycles. The Morgan fingerprint density at radius 3 is 0.867 bits per heavy atom. The zero-order chi connectivity index (χ0) is 7.21. The first-order valence-corrected chi connectivity index (χ1v) is 2.85. The largest absolute Gasteiger partial charge is 2.00 e. The van der Waals surface area contributed by atoms with Crippen molar-refractivity contribution in [3.05, 3.63) is 0 Å². The zero-order valence-electron chi connectivity index (χ0n) is 8.09. The molecule has 0 aromatic rings. The van der Waals surface area contributed by atoms with Gasteiger partial charge in [-0.05, 0) is 0 Å². The summed E-state index contributed by atoms with van der Waals surface area (Å²) in [6.07, 6.45) is 0. The second-order valence-corrected chi connectivity index (χ2v) is 1.42. The van der Waals surface area contributed by atoms with Crippen LogP contribution in [0.4, 0.5) is 0 Å². The Bertz CT molecular complexity index is 58.8. The van der Waals surface area contributed by atoms with Crippen molar-refractivity contribution in [3.63, 3.8) is 0 Å². The average molecular weight is 376 g/mol. The number of hydrogen-bond donors (Lipinski definition) is 0. The molecule has 13 heteroatoms. The number of rotatable bonds is 0. The van der Waals surface area contributed by atoms with Crippen LogP contribution in [0.2, 0.25) is 0 Å². The Balaban J connectivity index is -0.00000000486. The Morgan fingerprint density at radius 1 is 0.867 bits per heavy atom. The maximum Gasteiger partial charge on any atom is 2.00 e. The quantitative estimate of drug-likeness (QED) is 0.390. The maximum absolute atomic E-state index is 8.93. The standard InChI is InChI=1S/C2H5O.BrH.ClHO4.ClH.FH.4Mg/c1-2-3;;2-1(3,4)5;;;;;;/h2H2,1H3;1H;(H,2,3,4,5);2*1H;;;;/q-1;;;;;4*+2/p-4. The van der Waals surface area contributed by atoms with Gasteiger partial charge in [-0.2, -0.15) is 0 Å². The maximum atomic E-state index is 8.93. The molecule has 0 aliphatic heterocycles. The molecular formula is C2H5BrCl2FMg4O5+3. The monoisotopic (exact) mass is 373 g/mol. The summed E-state index contributed by atoms with van der Waals surface area (Å²) in [4.78, 5) is 0. The summed E-state index contributed by atoms with van der Waals surface area (Å²) in [5.74, 6) is 0. The van der Waals surface area contributed by atoms with E-state index in [1.165, 1.54) is 0 Å². The van der Waals surface area contributed by atoms with E-state index in [4.69, 9.17) is 23.7 Å². The van der Waals surface area contributed by atoms with Gasteiger partial charge in [0.2, 0.25) is 0 Å². The fourth-order valence-electron chi connectivity index (χ4n) is 0. The van der Waals surface area contributed by atoms with Gasteiger partial charge in [-0.15, -0.1) is 16.9 Å². The third-order valence-corrected chi connectivity index (χ3v) is 0. The van der Waals surface area contributed by atoms with E-state index in [2.05, 4.69) is 0 Å². The molecule has 0 aliphatic rings. The van der Waals surface area contributed by atoms with Crippen LogP contribution in [-0.2, 0) is 0 Å². The van der Waals surface area contributed by atoms with E-state index in [0.29, 0.717) is 0 Å². The molecule has 0 saturated heterocycles. The first-order valence-electron chi connectivity index (χ1n) is 1.61. The van der Waals surface area contributed by atoms with E-state index in [9.17, 15) is 0 Å². The summed E-state index contributed by atoms with van der Waals surface area (Å²) < 4.78 is 34.0. The molecule has 15 heavy (non-hydrogen) atoms. The van der Waals surface area contributed by atoms with Crippen LogP contribution in [-0.4, -0.2) is 98.8 Å². The minimum atomic E-state index is -4.94. The van der Waals surface area contributed by atoms with Gasteiger partial charge in [0.15, 0.2) is 0 Å².